The zero-order valence-electron chi connectivity index (χ0n) is 17.8. The second kappa shape index (κ2) is 7.84. The van der Waals surface area contributed by atoms with Crippen LogP contribution in [0.25, 0.3) is 5.57 Å². The van der Waals surface area contributed by atoms with Crippen molar-refractivity contribution in [2.45, 2.75) is 39.3 Å². The molecule has 0 saturated carbocycles. The number of dihydropyridines is 1. The van der Waals surface area contributed by atoms with Crippen LogP contribution in [0.5, 0.6) is 0 Å². The number of H-pyrrole nitrogens is 1. The first-order chi connectivity index (χ1) is 14.7. The number of nitrogens with one attached hydrogen (secondary N) is 2. The van der Waals surface area contributed by atoms with Gasteiger partial charge in [-0.15, -0.1) is 0 Å². The number of rotatable bonds is 3. The normalized spacial score (nSPS) is 17.7. The van der Waals surface area contributed by atoms with Gasteiger partial charge in [-0.1, -0.05) is 11.8 Å². The number of carbonyl (C=O) groups excluding carboxylic acids is 2. The van der Waals surface area contributed by atoms with Gasteiger partial charge in [0, 0.05) is 12.2 Å². The molecule has 0 atom stereocenters. The maximum absolute atomic E-state index is 13.1. The molecule has 0 bridgehead atoms. The first-order valence-corrected chi connectivity index (χ1v) is 10.1. The Labute approximate surface area is 180 Å². The number of ketones is 1. The third-order valence-electron chi connectivity index (χ3n) is 4.92. The van der Waals surface area contributed by atoms with E-state index in [1.807, 2.05) is 18.2 Å². The maximum atomic E-state index is 13.1. The number of fused-ring (bicyclic) bond motifs is 1. The van der Waals surface area contributed by atoms with Crippen LogP contribution in [0.1, 0.15) is 48.9 Å². The van der Waals surface area contributed by atoms with Crippen LogP contribution >= 0.6 is 0 Å². The lowest BCUT2D eigenvalue weighted by Crippen LogP contribution is -2.42. The minimum Gasteiger partial charge on any atom is -0.444 e. The summed E-state index contributed by atoms with van der Waals surface area (Å²) in [5, 5.41) is 3.31. The Bertz CT molecular complexity index is 1150. The zero-order valence-corrected chi connectivity index (χ0v) is 17.8. The van der Waals surface area contributed by atoms with Crippen LogP contribution in [-0.4, -0.2) is 46.3 Å². The van der Waals surface area contributed by atoms with Gasteiger partial charge in [-0.05, 0) is 56.7 Å². The summed E-state index contributed by atoms with van der Waals surface area (Å²) in [6.07, 6.45) is 7.42. The number of allylic oxidation sites excluding steroid dienone is 3. The second-order valence-corrected chi connectivity index (χ2v) is 8.55. The van der Waals surface area contributed by atoms with E-state index in [1.165, 1.54) is 4.90 Å². The lowest BCUT2D eigenvalue weighted by Gasteiger charge is -2.29. The highest BCUT2D eigenvalue weighted by Gasteiger charge is 2.35. The largest absolute Gasteiger partial charge is 0.444 e. The molecule has 0 aromatic carbocycles. The number of Topliss-reactive ketones (excluding diaryl/α,β-unsaturated/α-hetero) is 1. The molecule has 0 fully saturated rings. The molecule has 1 aliphatic carbocycles. The molecule has 3 heterocycles. The zero-order chi connectivity index (χ0) is 22.2. The lowest BCUT2D eigenvalue weighted by molar-refractivity contribution is 0.0218. The molecule has 1 amide bonds. The Kier molecular flexibility index (Phi) is 5.19. The summed E-state index contributed by atoms with van der Waals surface area (Å²) >= 11 is 0. The lowest BCUT2D eigenvalue weighted by atomic mass is 10.00. The van der Waals surface area contributed by atoms with E-state index in [4.69, 9.17) is 10.5 Å². The standard InChI is InChI=1S/C23H25N5O3/c1-23(2,3)31-22(30)28-12-16-19(17(29)13-28)21(26-15-7-5-4-6-8-15)20(27-16)14-9-10-25-18(24)11-14/h4-5,7,11,26-27H,9-10,12-13H2,1-3H3,(H2,24,25). The van der Waals surface area contributed by atoms with Crippen molar-refractivity contribution in [1.29, 1.82) is 0 Å². The van der Waals surface area contributed by atoms with Crippen molar-refractivity contribution >= 4 is 29.0 Å². The van der Waals surface area contributed by atoms with Crippen LogP contribution in [0.15, 0.2) is 46.5 Å². The fourth-order valence-corrected chi connectivity index (χ4v) is 3.66. The number of amides is 1. The predicted octanol–water partition coefficient (Wildman–Crippen LogP) is 3.27. The summed E-state index contributed by atoms with van der Waals surface area (Å²) in [6.45, 7) is 6.15. The van der Waals surface area contributed by atoms with Gasteiger partial charge in [-0.2, -0.15) is 0 Å². The molecule has 8 nitrogen and oxygen atoms in total. The summed E-state index contributed by atoms with van der Waals surface area (Å²) in [4.78, 5) is 34.7. The summed E-state index contributed by atoms with van der Waals surface area (Å²) < 4.78 is 5.46. The number of nitrogens with two attached hydrogens (primary N) is 1. The molecule has 0 unspecified atom stereocenters. The smallest absolute Gasteiger partial charge is 0.411 e. The quantitative estimate of drug-likeness (QED) is 0.651. The number of hydrogen-bond acceptors (Lipinski definition) is 6. The number of ether oxygens (including phenoxy) is 1. The van der Waals surface area contributed by atoms with Gasteiger partial charge in [0.05, 0.1) is 35.7 Å². The minimum absolute atomic E-state index is 0.0544. The Morgan fingerprint density at radius 1 is 1.35 bits per heavy atom. The van der Waals surface area contributed by atoms with E-state index in [9.17, 15) is 9.59 Å². The molecule has 4 rings (SSSR count). The summed E-state index contributed by atoms with van der Waals surface area (Å²) in [5.74, 6) is 0.274. The third kappa shape index (κ3) is 4.40. The molecule has 4 N–H and O–H groups in total. The molecular weight excluding hydrogens is 394 g/mol. The molecule has 31 heavy (non-hydrogen) atoms. The number of amidine groups is 1. The molecule has 1 aromatic rings. The maximum Gasteiger partial charge on any atom is 0.411 e. The number of hydrogen-bond donors (Lipinski definition) is 3. The van der Waals surface area contributed by atoms with Gasteiger partial charge >= 0.3 is 6.09 Å². The monoisotopic (exact) mass is 419 g/mol. The van der Waals surface area contributed by atoms with Crippen LogP contribution < -0.4 is 11.1 Å². The highest BCUT2D eigenvalue weighted by molar-refractivity contribution is 6.09. The first-order valence-electron chi connectivity index (χ1n) is 10.1. The number of carbonyl (C=O) groups is 2. The van der Waals surface area contributed by atoms with Crippen LogP contribution in [0.2, 0.25) is 0 Å². The Morgan fingerprint density at radius 3 is 2.84 bits per heavy atom. The minimum atomic E-state index is -0.641. The molecule has 3 aliphatic rings. The number of anilines is 1. The van der Waals surface area contributed by atoms with Crippen LogP contribution in [0.4, 0.5) is 10.5 Å². The predicted molar refractivity (Wildman–Crippen MR) is 119 cm³/mol. The molecule has 0 saturated heterocycles. The number of aromatic nitrogens is 1. The average Bonchev–Trinajstić information content (AvgIpc) is 3.06. The average molecular weight is 419 g/mol. The van der Waals surface area contributed by atoms with Crippen LogP contribution in [0.3, 0.4) is 0 Å². The molecule has 160 valence electrons. The fraction of sp³-hybridized carbons (Fsp3) is 0.348. The number of aromatic amines is 1. The Balaban J connectivity index is 1.75. The Morgan fingerprint density at radius 2 is 2.16 bits per heavy atom. The molecular formula is C23H25N5O3. The van der Waals surface area contributed by atoms with Crippen molar-refractivity contribution in [1.82, 2.24) is 9.88 Å². The first kappa shape index (κ1) is 20.5. The fourth-order valence-electron chi connectivity index (χ4n) is 3.66. The van der Waals surface area contributed by atoms with Crippen molar-refractivity contribution in [3.8, 4) is 0 Å². The van der Waals surface area contributed by atoms with E-state index in [-0.39, 0.29) is 18.9 Å². The van der Waals surface area contributed by atoms with Gasteiger partial charge in [0.2, 0.25) is 0 Å². The van der Waals surface area contributed by atoms with Gasteiger partial charge in [0.1, 0.15) is 11.4 Å². The topological polar surface area (TPSA) is 113 Å². The number of nitrogens with zero attached hydrogens (tertiary/aromatic N) is 2. The van der Waals surface area contributed by atoms with Crippen molar-refractivity contribution in [2.75, 3.05) is 18.4 Å². The van der Waals surface area contributed by atoms with E-state index in [0.717, 1.165) is 11.3 Å². The van der Waals surface area contributed by atoms with E-state index in [1.54, 1.807) is 26.8 Å². The van der Waals surface area contributed by atoms with Crippen molar-refractivity contribution in [3.63, 3.8) is 0 Å². The molecule has 0 radical (unpaired) electrons. The van der Waals surface area contributed by atoms with Gasteiger partial charge in [0.15, 0.2) is 5.78 Å². The molecule has 0 spiro atoms. The van der Waals surface area contributed by atoms with E-state index in [2.05, 4.69) is 26.8 Å². The van der Waals surface area contributed by atoms with Crippen molar-refractivity contribution in [2.24, 2.45) is 10.7 Å². The highest BCUT2D eigenvalue weighted by Crippen LogP contribution is 2.36. The third-order valence-corrected chi connectivity index (χ3v) is 4.92. The Hall–Kier alpha value is -3.73. The van der Waals surface area contributed by atoms with Crippen LogP contribution in [-0.2, 0) is 11.3 Å². The SMILES string of the molecule is CC(C)(C)OC(=O)N1CC(=O)c2c([nH]c(C3=CC(N)=NCC3)c2NC2=C=C=CC=C2)C1. The van der Waals surface area contributed by atoms with Crippen molar-refractivity contribution < 1.29 is 14.3 Å². The van der Waals surface area contributed by atoms with E-state index >= 15 is 0 Å². The van der Waals surface area contributed by atoms with E-state index < -0.39 is 11.7 Å². The van der Waals surface area contributed by atoms with Gasteiger partial charge in [0.25, 0.3) is 0 Å². The summed E-state index contributed by atoms with van der Waals surface area (Å²) in [6, 6.07) is 0. The van der Waals surface area contributed by atoms with Gasteiger partial charge in [-0.3, -0.25) is 14.7 Å². The van der Waals surface area contributed by atoms with Gasteiger partial charge in [-0.25, -0.2) is 4.79 Å². The molecule has 2 aliphatic heterocycles. The summed E-state index contributed by atoms with van der Waals surface area (Å²) in [5.41, 5.74) is 15.4. The second-order valence-electron chi connectivity index (χ2n) is 8.55. The van der Waals surface area contributed by atoms with Crippen LogP contribution in [0, 0.1) is 0 Å². The molecule has 8 heteroatoms. The highest BCUT2D eigenvalue weighted by atomic mass is 16.6. The van der Waals surface area contributed by atoms with Gasteiger partial charge < -0.3 is 20.8 Å². The van der Waals surface area contributed by atoms with E-state index in [0.29, 0.717) is 41.4 Å². The molecule has 1 aromatic heterocycles. The summed E-state index contributed by atoms with van der Waals surface area (Å²) in [7, 11) is 0. The number of aliphatic imine (C=N–C) groups is 1. The van der Waals surface area contributed by atoms with Crippen molar-refractivity contribution in [3.05, 3.63) is 58.4 Å².